The van der Waals surface area contributed by atoms with E-state index in [1.807, 2.05) is 85.2 Å². The standard InChI is InChI=1S/2C19H24N4O.4CHF3O3S.2Cu/c2*1-24-19(18-11-5-7-13-21-18)23-17-10-3-2-9-16(17)22-14-15-8-4-6-12-20-15;4*2-1(3,4)8(5,6)7;;/h2*4-8,11-14,16-17,19,23H,2-3,9-10H2,1H3;4*(H,5,6,7);;/q;;;;;;2*+2/p-4/t2*16-,17-,19+;;;;;;/m11....../s1. The fraction of sp³-hybridized carbons (Fsp3) is 0.476. The van der Waals surface area contributed by atoms with Gasteiger partial charge in [-0.2, -0.15) is 52.7 Å². The summed E-state index contributed by atoms with van der Waals surface area (Å²) in [6.07, 6.45) is 19.7. The number of aliphatic imine (C=N–C) groups is 2. The Kier molecular flexibility index (Phi) is 35.4. The minimum atomic E-state index is -6.09. The third-order valence-corrected chi connectivity index (χ3v) is 12.1. The quantitative estimate of drug-likeness (QED) is 0.0382. The molecule has 2 N–H and O–H groups in total. The van der Waals surface area contributed by atoms with Gasteiger partial charge in [0.25, 0.3) is 0 Å². The number of ether oxygens (including phenoxy) is 2. The summed E-state index contributed by atoms with van der Waals surface area (Å²) in [5.74, 6) is 0. The van der Waals surface area contributed by atoms with Crippen LogP contribution in [0.5, 0.6) is 0 Å². The summed E-state index contributed by atoms with van der Waals surface area (Å²) in [5, 5.41) is 7.18. The molecule has 0 aromatic carbocycles. The van der Waals surface area contributed by atoms with Gasteiger partial charge in [-0.25, -0.2) is 33.7 Å². The van der Waals surface area contributed by atoms with Gasteiger partial charge in [0.05, 0.1) is 34.9 Å². The summed E-state index contributed by atoms with van der Waals surface area (Å²) in [7, 11) is -20.9. The van der Waals surface area contributed by atoms with E-state index >= 15 is 0 Å². The molecule has 40 heteroatoms. The van der Waals surface area contributed by atoms with Crippen LogP contribution in [0.4, 0.5) is 52.7 Å². The Hall–Kier alpha value is -4.38. The average Bonchev–Trinajstić information content (AvgIpc) is 3.36. The molecule has 0 saturated heterocycles. The van der Waals surface area contributed by atoms with E-state index in [4.69, 9.17) is 71.3 Å². The topological polar surface area (TPSA) is 348 Å². The van der Waals surface area contributed by atoms with Gasteiger partial charge >= 0.3 is 56.2 Å². The van der Waals surface area contributed by atoms with Gasteiger partial charge in [0.15, 0.2) is 52.9 Å². The molecule has 2 saturated carbocycles. The van der Waals surface area contributed by atoms with Gasteiger partial charge in [-0.1, -0.05) is 49.9 Å². The van der Waals surface area contributed by atoms with Crippen molar-refractivity contribution in [2.45, 2.75) is 110 Å². The average molecular weight is 1370 g/mol. The molecule has 2 aliphatic carbocycles. The Bertz CT molecular complexity index is 2660. The van der Waals surface area contributed by atoms with Gasteiger partial charge in [-0.05, 0) is 74.2 Å². The maximum atomic E-state index is 10.7. The number of rotatable bonds is 12. The molecule has 6 atom stereocenters. The SMILES string of the molecule is CO[C@H](N[C@@H]1CCCC[C@H]1N=Cc1ccccn1)c1ccccn1.CO[C@H](N[C@@H]1CCCC[C@H]1N=Cc1ccccn1)c1ccccn1.O=S(=O)([O-])C(F)(F)F.O=S(=O)([O-])C(F)(F)F.O=S(=O)([O-])C(F)(F)F.O=S(=O)([O-])C(F)(F)F.[Cu+2].[Cu+2]. The van der Waals surface area contributed by atoms with Gasteiger partial charge in [-0.15, -0.1) is 0 Å². The second kappa shape index (κ2) is 36.5. The Morgan fingerprint density at radius 2 is 0.707 bits per heavy atom. The van der Waals surface area contributed by atoms with Crippen molar-refractivity contribution in [3.8, 4) is 0 Å². The van der Waals surface area contributed by atoms with Crippen molar-refractivity contribution < 1.29 is 148 Å². The second-order valence-corrected chi connectivity index (χ2v) is 21.1. The summed E-state index contributed by atoms with van der Waals surface area (Å²) < 4.78 is 247. The predicted octanol–water partition coefficient (Wildman–Crippen LogP) is 6.48. The van der Waals surface area contributed by atoms with E-state index in [-0.39, 0.29) is 70.8 Å². The Balaban J connectivity index is 0. The van der Waals surface area contributed by atoms with E-state index in [0.717, 1.165) is 48.5 Å². The molecule has 2 radical (unpaired) electrons. The van der Waals surface area contributed by atoms with Crippen LogP contribution in [0.2, 0.25) is 0 Å². The number of methoxy groups -OCH3 is 2. The number of nitrogens with zero attached hydrogens (tertiary/aromatic N) is 6. The fourth-order valence-corrected chi connectivity index (χ4v) is 6.22. The fourth-order valence-electron chi connectivity index (χ4n) is 6.22. The molecular weight excluding hydrogens is 1320 g/mol. The van der Waals surface area contributed by atoms with Gasteiger partial charge < -0.3 is 27.7 Å². The van der Waals surface area contributed by atoms with E-state index in [1.54, 1.807) is 39.0 Å². The molecule has 0 aliphatic heterocycles. The molecule has 82 heavy (non-hydrogen) atoms. The summed E-state index contributed by atoms with van der Waals surface area (Å²) in [5.41, 5.74) is -19.0. The summed E-state index contributed by atoms with van der Waals surface area (Å²) in [4.78, 5) is 27.0. The maximum Gasteiger partial charge on any atom is 2.00 e. The molecule has 2 aliphatic rings. The first kappa shape index (κ1) is 79.7. The first-order valence-corrected chi connectivity index (χ1v) is 27.7. The van der Waals surface area contributed by atoms with Crippen LogP contribution in [0.15, 0.2) is 108 Å². The van der Waals surface area contributed by atoms with Gasteiger partial charge in [0.2, 0.25) is 0 Å². The first-order chi connectivity index (χ1) is 36.7. The van der Waals surface area contributed by atoms with Crippen LogP contribution in [-0.2, 0) is 84.1 Å². The van der Waals surface area contributed by atoms with Crippen LogP contribution >= 0.6 is 0 Å². The Labute approximate surface area is 483 Å². The molecule has 0 amide bonds. The molecule has 470 valence electrons. The van der Waals surface area contributed by atoms with Gasteiger partial charge in [0, 0.05) is 63.5 Å². The van der Waals surface area contributed by atoms with Crippen LogP contribution in [0.3, 0.4) is 0 Å². The second-order valence-electron chi connectivity index (χ2n) is 15.7. The minimum absolute atomic E-state index is 0. The monoisotopic (exact) mass is 1370 g/mol. The van der Waals surface area contributed by atoms with Crippen LogP contribution < -0.4 is 10.6 Å². The normalized spacial score (nSPS) is 18.7. The molecule has 0 spiro atoms. The van der Waals surface area contributed by atoms with Gasteiger partial charge in [0.1, 0.15) is 0 Å². The van der Waals surface area contributed by atoms with Crippen LogP contribution in [0.25, 0.3) is 0 Å². The third-order valence-electron chi connectivity index (χ3n) is 9.88. The Morgan fingerprint density at radius 3 is 0.915 bits per heavy atom. The molecular formula is C42H48Cu2F12N8O14S4. The van der Waals surface area contributed by atoms with Gasteiger partial charge in [-0.3, -0.25) is 40.6 Å². The number of hydrogen-bond donors (Lipinski definition) is 2. The van der Waals surface area contributed by atoms with Crippen molar-refractivity contribution in [1.29, 1.82) is 0 Å². The number of hydrogen-bond acceptors (Lipinski definition) is 22. The third kappa shape index (κ3) is 31.5. The molecule has 22 nitrogen and oxygen atoms in total. The molecule has 2 fully saturated rings. The van der Waals surface area contributed by atoms with Crippen molar-refractivity contribution in [1.82, 2.24) is 30.6 Å². The predicted molar refractivity (Wildman–Crippen MR) is 253 cm³/mol. The van der Waals surface area contributed by atoms with Crippen molar-refractivity contribution in [2.24, 2.45) is 9.98 Å². The van der Waals surface area contributed by atoms with Crippen LogP contribution in [0.1, 0.15) is 86.6 Å². The molecule has 4 aromatic heterocycles. The summed E-state index contributed by atoms with van der Waals surface area (Å²) in [6, 6.07) is 24.5. The van der Waals surface area contributed by atoms with E-state index in [9.17, 15) is 52.7 Å². The van der Waals surface area contributed by atoms with E-state index < -0.39 is 62.5 Å². The first-order valence-electron chi connectivity index (χ1n) is 22.1. The molecule has 0 bridgehead atoms. The maximum absolute atomic E-state index is 10.7. The number of nitrogens with one attached hydrogen (secondary N) is 2. The smallest absolute Gasteiger partial charge is 0.741 e. The van der Waals surface area contributed by atoms with E-state index in [1.165, 1.54) is 25.7 Å². The summed E-state index contributed by atoms with van der Waals surface area (Å²) in [6.45, 7) is 0. The van der Waals surface area contributed by atoms with Crippen molar-refractivity contribution >= 4 is 52.9 Å². The van der Waals surface area contributed by atoms with Crippen molar-refractivity contribution in [3.63, 3.8) is 0 Å². The molecule has 4 heterocycles. The van der Waals surface area contributed by atoms with E-state index in [0.29, 0.717) is 0 Å². The minimum Gasteiger partial charge on any atom is -0.741 e. The molecule has 4 aromatic rings. The zero-order chi connectivity index (χ0) is 61.2. The number of halogens is 12. The van der Waals surface area contributed by atoms with Crippen LogP contribution in [-0.4, -0.2) is 145 Å². The molecule has 0 unspecified atom stereocenters. The Morgan fingerprint density at radius 1 is 0.463 bits per heavy atom. The van der Waals surface area contributed by atoms with Crippen molar-refractivity contribution in [3.05, 3.63) is 120 Å². The zero-order valence-electron chi connectivity index (χ0n) is 41.7. The van der Waals surface area contributed by atoms with E-state index in [2.05, 4.69) is 30.6 Å². The molecule has 6 rings (SSSR count). The number of aromatic nitrogens is 4. The number of pyridine rings is 4. The summed E-state index contributed by atoms with van der Waals surface area (Å²) >= 11 is 0. The van der Waals surface area contributed by atoms with Crippen LogP contribution in [0, 0.1) is 0 Å². The largest absolute Gasteiger partial charge is 2.00 e. The number of alkyl halides is 12. The zero-order valence-corrected chi connectivity index (χ0v) is 46.8. The van der Waals surface area contributed by atoms with Crippen molar-refractivity contribution in [2.75, 3.05) is 14.2 Å².